The SMILES string of the molecule is CC1CCCC(N(Cc2ccccc2N)C(C)C)C1. The zero-order valence-electron chi connectivity index (χ0n) is 12.6. The van der Waals surface area contributed by atoms with Crippen molar-refractivity contribution in [2.45, 2.75) is 65.1 Å². The predicted molar refractivity (Wildman–Crippen MR) is 83.0 cm³/mol. The van der Waals surface area contributed by atoms with E-state index in [1.165, 1.54) is 31.2 Å². The first kappa shape index (κ1) is 14.4. The van der Waals surface area contributed by atoms with Gasteiger partial charge in [0.25, 0.3) is 0 Å². The standard InChI is InChI=1S/C17H28N2/c1-13(2)19(16-9-6-7-14(3)11-16)12-15-8-4-5-10-17(15)18/h4-5,8,10,13-14,16H,6-7,9,11-12,18H2,1-3H3. The minimum Gasteiger partial charge on any atom is -0.398 e. The highest BCUT2D eigenvalue weighted by atomic mass is 15.2. The lowest BCUT2D eigenvalue weighted by atomic mass is 9.85. The van der Waals surface area contributed by atoms with E-state index in [4.69, 9.17) is 5.73 Å². The lowest BCUT2D eigenvalue weighted by molar-refractivity contribution is 0.0957. The molecule has 0 radical (unpaired) electrons. The quantitative estimate of drug-likeness (QED) is 0.827. The molecule has 0 heterocycles. The molecule has 1 saturated carbocycles. The maximum atomic E-state index is 6.10. The molecule has 0 aliphatic heterocycles. The Balaban J connectivity index is 2.10. The molecule has 2 N–H and O–H groups in total. The van der Waals surface area contributed by atoms with Crippen LogP contribution in [-0.2, 0) is 6.54 Å². The third kappa shape index (κ3) is 3.73. The summed E-state index contributed by atoms with van der Waals surface area (Å²) in [6.07, 6.45) is 5.45. The number of benzene rings is 1. The Labute approximate surface area is 118 Å². The molecule has 1 fully saturated rings. The first-order valence-corrected chi connectivity index (χ1v) is 7.67. The van der Waals surface area contributed by atoms with Crippen molar-refractivity contribution < 1.29 is 0 Å². The summed E-state index contributed by atoms with van der Waals surface area (Å²) in [5.41, 5.74) is 8.30. The number of nitrogens with zero attached hydrogens (tertiary/aromatic N) is 1. The van der Waals surface area contributed by atoms with Crippen molar-refractivity contribution in [1.29, 1.82) is 0 Å². The molecule has 2 unspecified atom stereocenters. The Morgan fingerprint density at radius 1 is 1.26 bits per heavy atom. The average Bonchev–Trinajstić information content (AvgIpc) is 2.37. The van der Waals surface area contributed by atoms with Crippen LogP contribution in [0.2, 0.25) is 0 Å². The van der Waals surface area contributed by atoms with Gasteiger partial charge in [-0.2, -0.15) is 0 Å². The Bertz CT molecular complexity index is 400. The van der Waals surface area contributed by atoms with E-state index in [-0.39, 0.29) is 0 Å². The maximum Gasteiger partial charge on any atom is 0.0359 e. The summed E-state index contributed by atoms with van der Waals surface area (Å²) in [6, 6.07) is 9.58. The molecular weight excluding hydrogens is 232 g/mol. The van der Waals surface area contributed by atoms with E-state index in [0.29, 0.717) is 6.04 Å². The van der Waals surface area contributed by atoms with Gasteiger partial charge >= 0.3 is 0 Å². The van der Waals surface area contributed by atoms with Gasteiger partial charge in [-0.05, 0) is 44.2 Å². The molecule has 2 rings (SSSR count). The topological polar surface area (TPSA) is 29.3 Å². The summed E-state index contributed by atoms with van der Waals surface area (Å²) in [4.78, 5) is 2.64. The fraction of sp³-hybridized carbons (Fsp3) is 0.647. The first-order valence-electron chi connectivity index (χ1n) is 7.67. The van der Waals surface area contributed by atoms with Gasteiger partial charge in [-0.1, -0.05) is 38.0 Å². The normalized spacial score (nSPS) is 24.1. The van der Waals surface area contributed by atoms with Crippen LogP contribution in [0.3, 0.4) is 0 Å². The van der Waals surface area contributed by atoms with E-state index in [1.807, 2.05) is 12.1 Å². The average molecular weight is 260 g/mol. The lowest BCUT2D eigenvalue weighted by Gasteiger charge is -2.39. The maximum absolute atomic E-state index is 6.10. The Morgan fingerprint density at radius 2 is 2.00 bits per heavy atom. The van der Waals surface area contributed by atoms with Crippen molar-refractivity contribution >= 4 is 5.69 Å². The molecule has 0 aromatic heterocycles. The smallest absolute Gasteiger partial charge is 0.0359 e. The van der Waals surface area contributed by atoms with Crippen molar-refractivity contribution in [2.24, 2.45) is 5.92 Å². The van der Waals surface area contributed by atoms with Crippen molar-refractivity contribution in [2.75, 3.05) is 5.73 Å². The summed E-state index contributed by atoms with van der Waals surface area (Å²) in [5.74, 6) is 0.869. The predicted octanol–water partition coefficient (Wildman–Crippen LogP) is 4.06. The fourth-order valence-electron chi connectivity index (χ4n) is 3.31. The second-order valence-corrected chi connectivity index (χ2v) is 6.39. The zero-order valence-corrected chi connectivity index (χ0v) is 12.6. The molecule has 0 bridgehead atoms. The number of nitrogens with two attached hydrogens (primary N) is 1. The van der Waals surface area contributed by atoms with Gasteiger partial charge in [0.1, 0.15) is 0 Å². The van der Waals surface area contributed by atoms with E-state index < -0.39 is 0 Å². The first-order chi connectivity index (χ1) is 9.08. The summed E-state index contributed by atoms with van der Waals surface area (Å²) >= 11 is 0. The van der Waals surface area contributed by atoms with Crippen molar-refractivity contribution in [3.8, 4) is 0 Å². The van der Waals surface area contributed by atoms with Gasteiger partial charge < -0.3 is 5.73 Å². The molecular formula is C17H28N2. The van der Waals surface area contributed by atoms with Crippen LogP contribution in [0.25, 0.3) is 0 Å². The molecule has 0 saturated heterocycles. The zero-order chi connectivity index (χ0) is 13.8. The largest absolute Gasteiger partial charge is 0.398 e. The summed E-state index contributed by atoms with van der Waals surface area (Å²) < 4.78 is 0. The highest BCUT2D eigenvalue weighted by molar-refractivity contribution is 5.46. The van der Waals surface area contributed by atoms with Gasteiger partial charge in [-0.3, -0.25) is 4.90 Å². The highest BCUT2D eigenvalue weighted by Gasteiger charge is 2.26. The second kappa shape index (κ2) is 6.42. The van der Waals surface area contributed by atoms with Gasteiger partial charge in [0, 0.05) is 24.3 Å². The van der Waals surface area contributed by atoms with Crippen LogP contribution in [0, 0.1) is 5.92 Å². The van der Waals surface area contributed by atoms with Crippen LogP contribution >= 0.6 is 0 Å². The molecule has 1 aliphatic rings. The number of hydrogen-bond acceptors (Lipinski definition) is 2. The minimum absolute atomic E-state index is 0.579. The van der Waals surface area contributed by atoms with Gasteiger partial charge in [-0.25, -0.2) is 0 Å². The molecule has 2 atom stereocenters. The lowest BCUT2D eigenvalue weighted by Crippen LogP contribution is -2.42. The molecule has 1 aliphatic carbocycles. The molecule has 0 spiro atoms. The summed E-state index contributed by atoms with van der Waals surface area (Å²) in [6.45, 7) is 7.99. The molecule has 0 amide bonds. The molecule has 106 valence electrons. The van der Waals surface area contributed by atoms with Crippen molar-refractivity contribution in [3.63, 3.8) is 0 Å². The number of anilines is 1. The third-order valence-electron chi connectivity index (χ3n) is 4.45. The summed E-state index contributed by atoms with van der Waals surface area (Å²) in [5, 5.41) is 0. The van der Waals surface area contributed by atoms with Gasteiger partial charge in [0.2, 0.25) is 0 Å². The van der Waals surface area contributed by atoms with E-state index >= 15 is 0 Å². The van der Waals surface area contributed by atoms with Crippen LogP contribution in [0.1, 0.15) is 52.0 Å². The number of nitrogen functional groups attached to an aromatic ring is 1. The second-order valence-electron chi connectivity index (χ2n) is 6.39. The van der Waals surface area contributed by atoms with Crippen LogP contribution in [0.5, 0.6) is 0 Å². The van der Waals surface area contributed by atoms with Crippen LogP contribution in [0.15, 0.2) is 24.3 Å². The Kier molecular flexibility index (Phi) is 4.87. The van der Waals surface area contributed by atoms with Crippen LogP contribution in [-0.4, -0.2) is 17.0 Å². The van der Waals surface area contributed by atoms with E-state index in [1.54, 1.807) is 0 Å². The van der Waals surface area contributed by atoms with Gasteiger partial charge in [0.05, 0.1) is 0 Å². The number of rotatable bonds is 4. The summed E-state index contributed by atoms with van der Waals surface area (Å²) in [7, 11) is 0. The van der Waals surface area contributed by atoms with Crippen LogP contribution < -0.4 is 5.73 Å². The highest BCUT2D eigenvalue weighted by Crippen LogP contribution is 2.30. The monoisotopic (exact) mass is 260 g/mol. The number of hydrogen-bond donors (Lipinski definition) is 1. The van der Waals surface area contributed by atoms with Crippen molar-refractivity contribution in [3.05, 3.63) is 29.8 Å². The minimum atomic E-state index is 0.579. The van der Waals surface area contributed by atoms with Gasteiger partial charge in [0.15, 0.2) is 0 Å². The van der Waals surface area contributed by atoms with Gasteiger partial charge in [-0.15, -0.1) is 0 Å². The molecule has 2 nitrogen and oxygen atoms in total. The fourth-order valence-corrected chi connectivity index (χ4v) is 3.31. The van der Waals surface area contributed by atoms with E-state index in [2.05, 4.69) is 37.8 Å². The Hall–Kier alpha value is -1.02. The Morgan fingerprint density at radius 3 is 2.63 bits per heavy atom. The molecule has 19 heavy (non-hydrogen) atoms. The third-order valence-corrected chi connectivity index (χ3v) is 4.45. The van der Waals surface area contributed by atoms with Crippen LogP contribution in [0.4, 0.5) is 5.69 Å². The molecule has 1 aromatic carbocycles. The number of para-hydroxylation sites is 1. The molecule has 1 aromatic rings. The van der Waals surface area contributed by atoms with E-state index in [0.717, 1.165) is 24.2 Å². The van der Waals surface area contributed by atoms with Crippen molar-refractivity contribution in [1.82, 2.24) is 4.90 Å². The molecule has 2 heteroatoms. The van der Waals surface area contributed by atoms with E-state index in [9.17, 15) is 0 Å².